The van der Waals surface area contributed by atoms with Crippen molar-refractivity contribution in [2.24, 2.45) is 0 Å². The average Bonchev–Trinajstić information content (AvgIpc) is 3.20. The van der Waals surface area contributed by atoms with Crippen LogP contribution in [0.4, 0.5) is 0 Å². The predicted octanol–water partition coefficient (Wildman–Crippen LogP) is 5.12. The number of amides is 1. The summed E-state index contributed by atoms with van der Waals surface area (Å²) in [4.78, 5) is 28.2. The summed E-state index contributed by atoms with van der Waals surface area (Å²) in [5.74, 6) is -0.00932. The van der Waals surface area contributed by atoms with Crippen molar-refractivity contribution in [1.82, 2.24) is 4.90 Å². The molecule has 1 fully saturated rings. The Bertz CT molecular complexity index is 1310. The van der Waals surface area contributed by atoms with Gasteiger partial charge in [0.25, 0.3) is 11.7 Å². The first-order valence-corrected chi connectivity index (χ1v) is 12.3. The van der Waals surface area contributed by atoms with Gasteiger partial charge in [0.15, 0.2) is 11.5 Å². The molecule has 0 aliphatic carbocycles. The van der Waals surface area contributed by atoms with Gasteiger partial charge in [0, 0.05) is 12.1 Å². The molecule has 0 spiro atoms. The van der Waals surface area contributed by atoms with Gasteiger partial charge in [0.2, 0.25) is 5.75 Å². The lowest BCUT2D eigenvalue weighted by Gasteiger charge is -2.26. The molecule has 0 bridgehead atoms. The van der Waals surface area contributed by atoms with Crippen molar-refractivity contribution < 1.29 is 33.6 Å². The van der Waals surface area contributed by atoms with Gasteiger partial charge >= 0.3 is 0 Å². The molecule has 0 saturated carbocycles. The Hall–Kier alpha value is -4.46. The van der Waals surface area contributed by atoms with E-state index in [1.807, 2.05) is 37.3 Å². The van der Waals surface area contributed by atoms with Crippen molar-refractivity contribution in [3.8, 4) is 23.0 Å². The third-order valence-corrected chi connectivity index (χ3v) is 6.34. The van der Waals surface area contributed by atoms with E-state index >= 15 is 0 Å². The Morgan fingerprint density at radius 1 is 0.895 bits per heavy atom. The van der Waals surface area contributed by atoms with Crippen LogP contribution in [-0.4, -0.2) is 49.6 Å². The van der Waals surface area contributed by atoms with E-state index in [9.17, 15) is 14.7 Å². The van der Waals surface area contributed by atoms with Crippen LogP contribution in [-0.2, 0) is 16.1 Å². The Kier molecular flexibility index (Phi) is 8.21. The van der Waals surface area contributed by atoms with Gasteiger partial charge in [-0.2, -0.15) is 0 Å². The number of benzene rings is 3. The van der Waals surface area contributed by atoms with Crippen LogP contribution in [0, 0.1) is 0 Å². The molecule has 198 valence electrons. The number of likely N-dealkylation sites (tertiary alicyclic amines) is 1. The molecule has 1 saturated heterocycles. The van der Waals surface area contributed by atoms with Crippen LogP contribution in [0.3, 0.4) is 0 Å². The first-order chi connectivity index (χ1) is 18.4. The Labute approximate surface area is 222 Å². The number of carbonyl (C=O) groups is 2. The van der Waals surface area contributed by atoms with Crippen molar-refractivity contribution in [2.75, 3.05) is 27.9 Å². The molecule has 4 rings (SSSR count). The van der Waals surface area contributed by atoms with Gasteiger partial charge in [0.05, 0.1) is 39.6 Å². The lowest BCUT2D eigenvalue weighted by Crippen LogP contribution is -2.29. The molecule has 1 aliphatic rings. The quantitative estimate of drug-likeness (QED) is 0.227. The molecule has 1 N–H and O–H groups in total. The molecule has 0 aromatic heterocycles. The fraction of sp³-hybridized carbons (Fsp3) is 0.267. The Morgan fingerprint density at radius 2 is 1.53 bits per heavy atom. The van der Waals surface area contributed by atoms with Crippen molar-refractivity contribution >= 4 is 17.4 Å². The van der Waals surface area contributed by atoms with Crippen LogP contribution in [0.1, 0.15) is 36.1 Å². The first kappa shape index (κ1) is 26.6. The number of methoxy groups -OCH3 is 3. The molecule has 8 heteroatoms. The highest BCUT2D eigenvalue weighted by Crippen LogP contribution is 2.46. The van der Waals surface area contributed by atoms with Crippen molar-refractivity contribution in [3.63, 3.8) is 0 Å². The van der Waals surface area contributed by atoms with Crippen molar-refractivity contribution in [3.05, 3.63) is 89.0 Å². The number of aliphatic hydroxyl groups excluding tert-OH is 1. The van der Waals surface area contributed by atoms with Gasteiger partial charge in [-0.25, -0.2) is 0 Å². The second-order valence-electron chi connectivity index (χ2n) is 8.74. The minimum absolute atomic E-state index is 0.0255. The summed E-state index contributed by atoms with van der Waals surface area (Å²) in [6.45, 7) is 2.74. The molecule has 0 radical (unpaired) electrons. The fourth-order valence-corrected chi connectivity index (χ4v) is 4.51. The molecule has 1 atom stereocenters. The van der Waals surface area contributed by atoms with Gasteiger partial charge in [-0.05, 0) is 53.9 Å². The zero-order chi connectivity index (χ0) is 27.2. The first-order valence-electron chi connectivity index (χ1n) is 12.3. The molecule has 1 amide bonds. The third kappa shape index (κ3) is 5.16. The normalized spacial score (nSPS) is 16.4. The van der Waals surface area contributed by atoms with E-state index in [0.717, 1.165) is 12.0 Å². The van der Waals surface area contributed by atoms with Crippen LogP contribution in [0.5, 0.6) is 23.0 Å². The Morgan fingerprint density at radius 3 is 2.08 bits per heavy atom. The van der Waals surface area contributed by atoms with E-state index in [-0.39, 0.29) is 17.9 Å². The Balaban J connectivity index is 1.88. The molecule has 3 aromatic carbocycles. The SMILES string of the molecule is CCCOc1ccc(C(O)=C2C(=O)C(=O)N(Cc3ccccc3)C2c2cc(OC)c(OC)c(OC)c2)cc1. The van der Waals surface area contributed by atoms with Gasteiger partial charge in [-0.15, -0.1) is 0 Å². The van der Waals surface area contributed by atoms with E-state index in [1.165, 1.54) is 26.2 Å². The van der Waals surface area contributed by atoms with Crippen LogP contribution in [0.25, 0.3) is 5.76 Å². The van der Waals surface area contributed by atoms with E-state index in [1.54, 1.807) is 36.4 Å². The molecule has 38 heavy (non-hydrogen) atoms. The number of hydrogen-bond acceptors (Lipinski definition) is 7. The number of nitrogens with zero attached hydrogens (tertiary/aromatic N) is 1. The topological polar surface area (TPSA) is 94.5 Å². The van der Waals surface area contributed by atoms with Gasteiger partial charge in [-0.1, -0.05) is 37.3 Å². The van der Waals surface area contributed by atoms with E-state index < -0.39 is 17.7 Å². The summed E-state index contributed by atoms with van der Waals surface area (Å²) < 4.78 is 22.1. The minimum atomic E-state index is -0.903. The number of rotatable bonds is 10. The monoisotopic (exact) mass is 517 g/mol. The number of ether oxygens (including phenoxy) is 4. The second-order valence-corrected chi connectivity index (χ2v) is 8.74. The maximum absolute atomic E-state index is 13.4. The summed E-state index contributed by atoms with van der Waals surface area (Å²) in [6, 6.07) is 18.6. The summed E-state index contributed by atoms with van der Waals surface area (Å²) in [7, 11) is 4.48. The highest BCUT2D eigenvalue weighted by atomic mass is 16.5. The summed E-state index contributed by atoms with van der Waals surface area (Å²) in [5, 5.41) is 11.4. The van der Waals surface area contributed by atoms with Crippen LogP contribution in [0.15, 0.2) is 72.3 Å². The summed E-state index contributed by atoms with van der Waals surface area (Å²) in [5.41, 5.74) is 1.73. The van der Waals surface area contributed by atoms with Crippen molar-refractivity contribution in [2.45, 2.75) is 25.9 Å². The highest BCUT2D eigenvalue weighted by Gasteiger charge is 2.46. The number of Topliss-reactive ketones (excluding diaryl/α,β-unsaturated/α-hetero) is 1. The molecule has 8 nitrogen and oxygen atoms in total. The molecular formula is C30H31NO7. The lowest BCUT2D eigenvalue weighted by atomic mass is 9.94. The summed E-state index contributed by atoms with van der Waals surface area (Å²) >= 11 is 0. The third-order valence-electron chi connectivity index (χ3n) is 6.34. The number of carbonyl (C=O) groups excluding carboxylic acids is 2. The smallest absolute Gasteiger partial charge is 0.295 e. The maximum Gasteiger partial charge on any atom is 0.295 e. The van der Waals surface area contributed by atoms with Crippen LogP contribution < -0.4 is 18.9 Å². The van der Waals surface area contributed by atoms with Gasteiger partial charge in [-0.3, -0.25) is 9.59 Å². The fourth-order valence-electron chi connectivity index (χ4n) is 4.51. The minimum Gasteiger partial charge on any atom is -0.507 e. The zero-order valence-corrected chi connectivity index (χ0v) is 21.9. The predicted molar refractivity (Wildman–Crippen MR) is 143 cm³/mol. The number of hydrogen-bond donors (Lipinski definition) is 1. The van der Waals surface area contributed by atoms with E-state index in [4.69, 9.17) is 18.9 Å². The molecule has 1 heterocycles. The standard InChI is InChI=1S/C30H31NO7/c1-5-15-38-22-13-11-20(12-14-22)27(32)25-26(21-16-23(35-2)29(37-4)24(17-21)36-3)31(30(34)28(25)33)18-19-9-7-6-8-10-19/h6-14,16-17,26,32H,5,15,18H2,1-4H3. The van der Waals surface area contributed by atoms with Crippen LogP contribution >= 0.6 is 0 Å². The highest BCUT2D eigenvalue weighted by molar-refractivity contribution is 6.46. The number of ketones is 1. The van der Waals surface area contributed by atoms with Crippen molar-refractivity contribution in [1.29, 1.82) is 0 Å². The second kappa shape index (κ2) is 11.7. The van der Waals surface area contributed by atoms with Crippen LogP contribution in [0.2, 0.25) is 0 Å². The number of aliphatic hydroxyl groups is 1. The van der Waals surface area contributed by atoms with Gasteiger partial charge in [0.1, 0.15) is 11.5 Å². The molecular weight excluding hydrogens is 486 g/mol. The molecule has 1 aliphatic heterocycles. The van der Waals surface area contributed by atoms with E-state index in [0.29, 0.717) is 40.7 Å². The molecule has 3 aromatic rings. The summed E-state index contributed by atoms with van der Waals surface area (Å²) in [6.07, 6.45) is 0.862. The van der Waals surface area contributed by atoms with E-state index in [2.05, 4.69) is 0 Å². The lowest BCUT2D eigenvalue weighted by molar-refractivity contribution is -0.140. The molecule has 1 unspecified atom stereocenters. The maximum atomic E-state index is 13.4. The average molecular weight is 518 g/mol. The van der Waals surface area contributed by atoms with Gasteiger partial charge < -0.3 is 29.0 Å². The zero-order valence-electron chi connectivity index (χ0n) is 21.9. The largest absolute Gasteiger partial charge is 0.507 e.